The van der Waals surface area contributed by atoms with Gasteiger partial charge in [-0.2, -0.15) is 0 Å². The predicted molar refractivity (Wildman–Crippen MR) is 80.7 cm³/mol. The van der Waals surface area contributed by atoms with E-state index in [1.165, 1.54) is 42.5 Å². The number of sulfone groups is 1. The molecule has 2 rings (SSSR count). The highest BCUT2D eigenvalue weighted by Gasteiger charge is 2.10. The third kappa shape index (κ3) is 3.83. The number of aromatic carboxylic acids is 1. The van der Waals surface area contributed by atoms with Crippen LogP contribution < -0.4 is 4.74 Å². The average molecular weight is 371 g/mol. The van der Waals surface area contributed by atoms with Gasteiger partial charge in [-0.25, -0.2) is 13.2 Å². The van der Waals surface area contributed by atoms with Gasteiger partial charge in [-0.1, -0.05) is 0 Å². The van der Waals surface area contributed by atoms with Gasteiger partial charge in [0.1, 0.15) is 11.5 Å². The largest absolute Gasteiger partial charge is 0.478 e. The Bertz CT molecular complexity index is 782. The van der Waals surface area contributed by atoms with E-state index in [2.05, 4.69) is 15.9 Å². The molecule has 2 aromatic rings. The van der Waals surface area contributed by atoms with E-state index in [0.717, 1.165) is 6.26 Å². The highest BCUT2D eigenvalue weighted by molar-refractivity contribution is 9.10. The van der Waals surface area contributed by atoms with E-state index in [9.17, 15) is 13.2 Å². The maximum atomic E-state index is 11.4. The smallest absolute Gasteiger partial charge is 0.335 e. The molecule has 0 radical (unpaired) electrons. The Kier molecular flexibility index (Phi) is 4.34. The zero-order valence-electron chi connectivity index (χ0n) is 10.9. The van der Waals surface area contributed by atoms with Crippen LogP contribution in [0, 0.1) is 0 Å². The molecule has 0 aliphatic carbocycles. The lowest BCUT2D eigenvalue weighted by Gasteiger charge is -2.09. The lowest BCUT2D eigenvalue weighted by Crippen LogP contribution is -1.97. The SMILES string of the molecule is CS(=O)(=O)c1ccc(Oc2ccc(C(=O)O)cc2Br)cc1. The first-order valence-electron chi connectivity index (χ1n) is 5.78. The molecule has 0 saturated heterocycles. The Morgan fingerprint density at radius 1 is 1.14 bits per heavy atom. The van der Waals surface area contributed by atoms with Crippen molar-refractivity contribution in [2.45, 2.75) is 4.90 Å². The van der Waals surface area contributed by atoms with Gasteiger partial charge in [0.25, 0.3) is 0 Å². The maximum Gasteiger partial charge on any atom is 0.335 e. The quantitative estimate of drug-likeness (QED) is 0.892. The van der Waals surface area contributed by atoms with Gasteiger partial charge >= 0.3 is 5.97 Å². The molecule has 0 saturated carbocycles. The molecule has 1 N–H and O–H groups in total. The van der Waals surface area contributed by atoms with Crippen LogP contribution in [0.25, 0.3) is 0 Å². The fraction of sp³-hybridized carbons (Fsp3) is 0.0714. The highest BCUT2D eigenvalue weighted by Crippen LogP contribution is 2.31. The molecule has 0 unspecified atom stereocenters. The molecule has 0 amide bonds. The van der Waals surface area contributed by atoms with Crippen LogP contribution in [-0.4, -0.2) is 25.7 Å². The van der Waals surface area contributed by atoms with Gasteiger partial charge in [-0.15, -0.1) is 0 Å². The third-order valence-corrected chi connectivity index (χ3v) is 4.41. The molecule has 0 aliphatic heterocycles. The Labute approximate surface area is 130 Å². The molecular formula is C14H11BrO5S. The number of carboxylic acids is 1. The van der Waals surface area contributed by atoms with Crippen molar-refractivity contribution in [1.82, 2.24) is 0 Å². The normalized spacial score (nSPS) is 11.1. The third-order valence-electron chi connectivity index (χ3n) is 2.66. The monoisotopic (exact) mass is 370 g/mol. The molecule has 0 spiro atoms. The van der Waals surface area contributed by atoms with E-state index in [0.29, 0.717) is 16.0 Å². The van der Waals surface area contributed by atoms with Crippen molar-refractivity contribution in [2.24, 2.45) is 0 Å². The summed E-state index contributed by atoms with van der Waals surface area (Å²) in [5, 5.41) is 8.88. The van der Waals surface area contributed by atoms with E-state index >= 15 is 0 Å². The van der Waals surface area contributed by atoms with E-state index in [1.54, 1.807) is 0 Å². The van der Waals surface area contributed by atoms with Gasteiger partial charge in [0.05, 0.1) is 14.9 Å². The molecule has 0 aromatic heterocycles. The first kappa shape index (κ1) is 15.5. The molecule has 21 heavy (non-hydrogen) atoms. The number of rotatable bonds is 4. The summed E-state index contributed by atoms with van der Waals surface area (Å²) in [6.07, 6.45) is 1.13. The molecular weight excluding hydrogens is 360 g/mol. The van der Waals surface area contributed by atoms with E-state index in [1.807, 2.05) is 0 Å². The van der Waals surface area contributed by atoms with Gasteiger partial charge < -0.3 is 9.84 Å². The molecule has 110 valence electrons. The number of benzene rings is 2. The first-order valence-corrected chi connectivity index (χ1v) is 8.46. The summed E-state index contributed by atoms with van der Waals surface area (Å²) in [5.74, 6) is -0.141. The van der Waals surface area contributed by atoms with E-state index < -0.39 is 15.8 Å². The number of halogens is 1. The summed E-state index contributed by atoms with van der Waals surface area (Å²) < 4.78 is 28.8. The summed E-state index contributed by atoms with van der Waals surface area (Å²) in [6.45, 7) is 0. The van der Waals surface area contributed by atoms with Crippen LogP contribution in [0.1, 0.15) is 10.4 Å². The Morgan fingerprint density at radius 3 is 2.24 bits per heavy atom. The molecule has 0 aliphatic rings. The van der Waals surface area contributed by atoms with E-state index in [4.69, 9.17) is 9.84 Å². The minimum Gasteiger partial charge on any atom is -0.478 e. The van der Waals surface area contributed by atoms with Crippen LogP contribution >= 0.6 is 15.9 Å². The van der Waals surface area contributed by atoms with Crippen LogP contribution in [0.3, 0.4) is 0 Å². The lowest BCUT2D eigenvalue weighted by atomic mass is 10.2. The number of carbonyl (C=O) groups is 1. The maximum absolute atomic E-state index is 11.4. The number of hydrogen-bond acceptors (Lipinski definition) is 4. The molecule has 0 heterocycles. The van der Waals surface area contributed by atoms with Crippen molar-refractivity contribution in [2.75, 3.05) is 6.26 Å². The number of ether oxygens (including phenoxy) is 1. The van der Waals surface area contributed by atoms with Crippen LogP contribution in [0.5, 0.6) is 11.5 Å². The van der Waals surface area contributed by atoms with Gasteiger partial charge in [-0.3, -0.25) is 0 Å². The first-order chi connectivity index (χ1) is 9.77. The second kappa shape index (κ2) is 5.87. The van der Waals surface area contributed by atoms with Gasteiger partial charge in [0.2, 0.25) is 0 Å². The van der Waals surface area contributed by atoms with Crippen LogP contribution in [-0.2, 0) is 9.84 Å². The predicted octanol–water partition coefficient (Wildman–Crippen LogP) is 3.34. The second-order valence-corrected chi connectivity index (χ2v) is 7.17. The minimum atomic E-state index is -3.25. The summed E-state index contributed by atoms with van der Waals surface area (Å²) in [5.41, 5.74) is 0.140. The van der Waals surface area contributed by atoms with Gasteiger partial charge in [-0.05, 0) is 58.4 Å². The molecule has 0 fully saturated rings. The van der Waals surface area contributed by atoms with Gasteiger partial charge in [0.15, 0.2) is 9.84 Å². The van der Waals surface area contributed by atoms with Crippen LogP contribution in [0.4, 0.5) is 0 Å². The number of carboxylic acid groups (broad SMARTS) is 1. The molecule has 7 heteroatoms. The molecule has 0 bridgehead atoms. The molecule has 0 atom stereocenters. The van der Waals surface area contributed by atoms with Crippen molar-refractivity contribution in [3.8, 4) is 11.5 Å². The highest BCUT2D eigenvalue weighted by atomic mass is 79.9. The summed E-state index contributed by atoms with van der Waals surface area (Å²) in [6, 6.07) is 10.4. The zero-order valence-corrected chi connectivity index (χ0v) is 13.3. The second-order valence-electron chi connectivity index (χ2n) is 4.30. The fourth-order valence-electron chi connectivity index (χ4n) is 1.60. The summed E-state index contributed by atoms with van der Waals surface area (Å²) >= 11 is 3.23. The molecule has 2 aromatic carbocycles. The topological polar surface area (TPSA) is 80.7 Å². The van der Waals surface area contributed by atoms with Gasteiger partial charge in [0, 0.05) is 6.26 Å². The molecule has 5 nitrogen and oxygen atoms in total. The van der Waals surface area contributed by atoms with Crippen molar-refractivity contribution < 1.29 is 23.1 Å². The lowest BCUT2D eigenvalue weighted by molar-refractivity contribution is 0.0697. The Hall–Kier alpha value is -1.86. The van der Waals surface area contributed by atoms with E-state index in [-0.39, 0.29) is 10.5 Å². The van der Waals surface area contributed by atoms with Crippen LogP contribution in [0.2, 0.25) is 0 Å². The van der Waals surface area contributed by atoms with Crippen molar-refractivity contribution >= 4 is 31.7 Å². The zero-order chi connectivity index (χ0) is 15.6. The summed E-state index contributed by atoms with van der Waals surface area (Å²) in [7, 11) is -3.25. The Morgan fingerprint density at radius 2 is 1.76 bits per heavy atom. The number of hydrogen-bond donors (Lipinski definition) is 1. The summed E-state index contributed by atoms with van der Waals surface area (Å²) in [4.78, 5) is 11.0. The van der Waals surface area contributed by atoms with Crippen molar-refractivity contribution in [3.63, 3.8) is 0 Å². The average Bonchev–Trinajstić information content (AvgIpc) is 2.40. The fourth-order valence-corrected chi connectivity index (χ4v) is 2.69. The standard InChI is InChI=1S/C14H11BrO5S/c1-21(18,19)11-5-3-10(4-6-11)20-13-7-2-9(14(16)17)8-12(13)15/h2-8H,1H3,(H,16,17). The van der Waals surface area contributed by atoms with Crippen molar-refractivity contribution in [3.05, 3.63) is 52.5 Å². The van der Waals surface area contributed by atoms with Crippen molar-refractivity contribution in [1.29, 1.82) is 0 Å². The minimum absolute atomic E-state index is 0.140. The Balaban J connectivity index is 2.24. The van der Waals surface area contributed by atoms with Crippen LogP contribution in [0.15, 0.2) is 51.8 Å².